The van der Waals surface area contributed by atoms with Crippen molar-refractivity contribution in [1.29, 1.82) is 0 Å². The van der Waals surface area contributed by atoms with Crippen LogP contribution in [0.15, 0.2) is 53.7 Å². The largest absolute Gasteiger partial charge is 0.481 e. The topological polar surface area (TPSA) is 114 Å². The van der Waals surface area contributed by atoms with Crippen LogP contribution in [0.5, 0.6) is 5.88 Å². The number of hydrogen-bond acceptors (Lipinski definition) is 8. The first kappa shape index (κ1) is 25.3. The standard InChI is InChI=1S/C25H29ClN4O4S/c1-34-24-18(8-9-20(29-24)16-35(32,33)23-5-3-2-4-22(23)26)7-6-17-14-27-25(28-15-17)30-19-10-12-21(31)13-11-19/h2-5,8-9,14-15,19,21,31H,6-7,10-13,16H2,1H3,(H,27,28,30). The van der Waals surface area contributed by atoms with E-state index in [2.05, 4.69) is 20.3 Å². The Labute approximate surface area is 210 Å². The van der Waals surface area contributed by atoms with Crippen LogP contribution in [0.2, 0.25) is 5.02 Å². The van der Waals surface area contributed by atoms with Crippen molar-refractivity contribution in [2.24, 2.45) is 0 Å². The third-order valence-corrected chi connectivity index (χ3v) is 8.26. The predicted octanol–water partition coefficient (Wildman–Crippen LogP) is 4.01. The van der Waals surface area contributed by atoms with Gasteiger partial charge in [-0.3, -0.25) is 0 Å². The van der Waals surface area contributed by atoms with Gasteiger partial charge in [0.05, 0.1) is 34.6 Å². The van der Waals surface area contributed by atoms with E-state index in [0.717, 1.165) is 36.8 Å². The lowest BCUT2D eigenvalue weighted by Gasteiger charge is -2.26. The summed E-state index contributed by atoms with van der Waals surface area (Å²) in [6.45, 7) is 0. The molecule has 2 aromatic heterocycles. The fourth-order valence-electron chi connectivity index (χ4n) is 4.16. The van der Waals surface area contributed by atoms with Gasteiger partial charge in [-0.2, -0.15) is 0 Å². The van der Waals surface area contributed by atoms with E-state index in [1.54, 1.807) is 36.7 Å². The van der Waals surface area contributed by atoms with E-state index < -0.39 is 9.84 Å². The van der Waals surface area contributed by atoms with E-state index in [-0.39, 0.29) is 21.8 Å². The van der Waals surface area contributed by atoms with Gasteiger partial charge < -0.3 is 15.2 Å². The number of sulfone groups is 1. The Kier molecular flexibility index (Phi) is 8.20. The van der Waals surface area contributed by atoms with Gasteiger partial charge >= 0.3 is 0 Å². The van der Waals surface area contributed by atoms with Crippen molar-refractivity contribution in [1.82, 2.24) is 15.0 Å². The predicted molar refractivity (Wildman–Crippen MR) is 134 cm³/mol. The Morgan fingerprint density at radius 2 is 1.77 bits per heavy atom. The summed E-state index contributed by atoms with van der Waals surface area (Å²) in [5, 5.41) is 13.2. The van der Waals surface area contributed by atoms with Crippen LogP contribution in [0.3, 0.4) is 0 Å². The van der Waals surface area contributed by atoms with E-state index >= 15 is 0 Å². The van der Waals surface area contributed by atoms with Gasteiger partial charge in [-0.05, 0) is 62.3 Å². The van der Waals surface area contributed by atoms with Gasteiger partial charge in [0.15, 0.2) is 9.84 Å². The molecule has 186 valence electrons. The highest BCUT2D eigenvalue weighted by Gasteiger charge is 2.21. The monoisotopic (exact) mass is 516 g/mol. The number of aromatic nitrogens is 3. The van der Waals surface area contributed by atoms with E-state index in [9.17, 15) is 13.5 Å². The zero-order valence-electron chi connectivity index (χ0n) is 19.5. The summed E-state index contributed by atoms with van der Waals surface area (Å²) >= 11 is 6.07. The number of ether oxygens (including phenoxy) is 1. The van der Waals surface area contributed by atoms with Gasteiger partial charge in [-0.1, -0.05) is 29.8 Å². The van der Waals surface area contributed by atoms with Crippen LogP contribution >= 0.6 is 11.6 Å². The van der Waals surface area contributed by atoms with Crippen molar-refractivity contribution >= 4 is 27.4 Å². The minimum atomic E-state index is -3.64. The maximum Gasteiger partial charge on any atom is 0.222 e. The van der Waals surface area contributed by atoms with Crippen LogP contribution in [0.1, 0.15) is 42.5 Å². The van der Waals surface area contributed by atoms with Gasteiger partial charge in [-0.25, -0.2) is 23.4 Å². The van der Waals surface area contributed by atoms with Crippen molar-refractivity contribution in [2.45, 2.75) is 61.3 Å². The van der Waals surface area contributed by atoms with Gasteiger partial charge in [-0.15, -0.1) is 0 Å². The molecular weight excluding hydrogens is 488 g/mol. The molecule has 35 heavy (non-hydrogen) atoms. The average Bonchev–Trinajstić information content (AvgIpc) is 2.85. The quantitative estimate of drug-likeness (QED) is 0.438. The van der Waals surface area contributed by atoms with Crippen molar-refractivity contribution in [3.05, 3.63) is 70.6 Å². The van der Waals surface area contributed by atoms with E-state index in [4.69, 9.17) is 16.3 Å². The third-order valence-electron chi connectivity index (χ3n) is 6.12. The number of nitrogens with zero attached hydrogens (tertiary/aromatic N) is 3. The molecule has 2 heterocycles. The summed E-state index contributed by atoms with van der Waals surface area (Å²) in [4.78, 5) is 13.4. The Balaban J connectivity index is 1.37. The number of hydrogen-bond donors (Lipinski definition) is 2. The molecule has 0 amide bonds. The number of benzene rings is 1. The van der Waals surface area contributed by atoms with Gasteiger partial charge in [0.25, 0.3) is 0 Å². The molecule has 0 bridgehead atoms. The lowest BCUT2D eigenvalue weighted by atomic mass is 9.93. The molecule has 1 aliphatic carbocycles. The highest BCUT2D eigenvalue weighted by molar-refractivity contribution is 7.90. The second-order valence-electron chi connectivity index (χ2n) is 8.73. The molecule has 8 nitrogen and oxygen atoms in total. The number of halogens is 1. The molecule has 0 unspecified atom stereocenters. The third kappa shape index (κ3) is 6.68. The second kappa shape index (κ2) is 11.3. The van der Waals surface area contributed by atoms with Crippen LogP contribution < -0.4 is 10.1 Å². The fraction of sp³-hybridized carbons (Fsp3) is 0.400. The SMILES string of the molecule is COc1nc(CS(=O)(=O)c2ccccc2Cl)ccc1CCc1cnc(NC2CCC(O)CC2)nc1. The molecule has 3 aromatic rings. The summed E-state index contributed by atoms with van der Waals surface area (Å²) < 4.78 is 31.0. The molecule has 1 saturated carbocycles. The van der Waals surface area contributed by atoms with E-state index in [1.165, 1.54) is 13.2 Å². The number of nitrogens with one attached hydrogen (secondary N) is 1. The number of aryl methyl sites for hydroxylation is 2. The number of anilines is 1. The zero-order chi connectivity index (χ0) is 24.8. The summed E-state index contributed by atoms with van der Waals surface area (Å²) in [6.07, 6.45) is 8.17. The first-order valence-electron chi connectivity index (χ1n) is 11.6. The molecule has 10 heteroatoms. The molecule has 4 rings (SSSR count). The molecule has 1 aliphatic rings. The minimum Gasteiger partial charge on any atom is -0.481 e. The minimum absolute atomic E-state index is 0.0884. The molecule has 0 atom stereocenters. The first-order valence-corrected chi connectivity index (χ1v) is 13.6. The summed E-state index contributed by atoms with van der Waals surface area (Å²) in [5.74, 6) is 0.726. The normalized spacial score (nSPS) is 18.3. The lowest BCUT2D eigenvalue weighted by molar-refractivity contribution is 0.126. The Hall–Kier alpha value is -2.75. The van der Waals surface area contributed by atoms with Crippen LogP contribution in [0.4, 0.5) is 5.95 Å². The Morgan fingerprint density at radius 1 is 1.06 bits per heavy atom. The van der Waals surface area contributed by atoms with Crippen LogP contribution in [-0.4, -0.2) is 47.7 Å². The van der Waals surface area contributed by atoms with Crippen molar-refractivity contribution in [2.75, 3.05) is 12.4 Å². The Morgan fingerprint density at radius 3 is 2.46 bits per heavy atom. The highest BCUT2D eigenvalue weighted by Crippen LogP contribution is 2.26. The molecule has 1 fully saturated rings. The molecule has 2 N–H and O–H groups in total. The first-order chi connectivity index (χ1) is 16.8. The van der Waals surface area contributed by atoms with Crippen LogP contribution in [-0.2, 0) is 28.4 Å². The van der Waals surface area contributed by atoms with Gasteiger partial charge in [0, 0.05) is 24.0 Å². The summed E-state index contributed by atoms with van der Waals surface area (Å²) in [6, 6.07) is 10.2. The fourth-order valence-corrected chi connectivity index (χ4v) is 6.01. The summed E-state index contributed by atoms with van der Waals surface area (Å²) in [5.41, 5.74) is 2.23. The smallest absolute Gasteiger partial charge is 0.222 e. The van der Waals surface area contributed by atoms with Gasteiger partial charge in [0.2, 0.25) is 11.8 Å². The highest BCUT2D eigenvalue weighted by atomic mass is 35.5. The maximum absolute atomic E-state index is 12.8. The average molecular weight is 517 g/mol. The van der Waals surface area contributed by atoms with Crippen molar-refractivity contribution in [3.8, 4) is 5.88 Å². The molecule has 0 radical (unpaired) electrons. The van der Waals surface area contributed by atoms with Crippen LogP contribution in [0.25, 0.3) is 0 Å². The Bertz CT molecular complexity index is 1250. The zero-order valence-corrected chi connectivity index (χ0v) is 21.1. The number of rotatable bonds is 9. The number of methoxy groups -OCH3 is 1. The molecule has 0 saturated heterocycles. The maximum atomic E-state index is 12.8. The molecule has 0 aliphatic heterocycles. The lowest BCUT2D eigenvalue weighted by Crippen LogP contribution is -2.28. The number of aliphatic hydroxyl groups excluding tert-OH is 1. The van der Waals surface area contributed by atoms with Crippen LogP contribution in [0, 0.1) is 0 Å². The number of aliphatic hydroxyl groups is 1. The summed E-state index contributed by atoms with van der Waals surface area (Å²) in [7, 11) is -2.12. The van der Waals surface area contributed by atoms with Crippen molar-refractivity contribution in [3.63, 3.8) is 0 Å². The van der Waals surface area contributed by atoms with Gasteiger partial charge in [0.1, 0.15) is 0 Å². The van der Waals surface area contributed by atoms with E-state index in [0.29, 0.717) is 36.4 Å². The molecule has 0 spiro atoms. The number of pyridine rings is 1. The van der Waals surface area contributed by atoms with E-state index in [1.807, 2.05) is 6.07 Å². The molecular formula is C25H29ClN4O4S. The van der Waals surface area contributed by atoms with Crippen molar-refractivity contribution < 1.29 is 18.3 Å². The second-order valence-corrected chi connectivity index (χ2v) is 11.1. The molecule has 1 aromatic carbocycles.